The Kier molecular flexibility index (Phi) is 4.08. The maximum Gasteiger partial charge on any atom is 0.323 e. The van der Waals surface area contributed by atoms with Crippen molar-refractivity contribution in [2.24, 2.45) is 0 Å². The van der Waals surface area contributed by atoms with Gasteiger partial charge >= 0.3 is 6.01 Å². The summed E-state index contributed by atoms with van der Waals surface area (Å²) in [5.74, 6) is 1.13. The first-order valence-corrected chi connectivity index (χ1v) is 4.97. The Morgan fingerprint density at radius 2 is 1.93 bits per heavy atom. The molecule has 0 bridgehead atoms. The van der Waals surface area contributed by atoms with E-state index in [9.17, 15) is 0 Å². The minimum Gasteiger partial charge on any atom is -0.464 e. The highest BCUT2D eigenvalue weighted by Gasteiger charge is 2.07. The van der Waals surface area contributed by atoms with Crippen LogP contribution in [-0.4, -0.2) is 42.2 Å². The van der Waals surface area contributed by atoms with Crippen LogP contribution in [0.4, 0.5) is 11.9 Å². The highest BCUT2D eigenvalue weighted by Crippen LogP contribution is 2.12. The molecule has 6 nitrogen and oxygen atoms in total. The van der Waals surface area contributed by atoms with Crippen molar-refractivity contribution in [1.82, 2.24) is 15.0 Å². The van der Waals surface area contributed by atoms with Crippen molar-refractivity contribution in [3.63, 3.8) is 0 Å². The second kappa shape index (κ2) is 5.33. The van der Waals surface area contributed by atoms with Crippen molar-refractivity contribution in [3.8, 4) is 6.01 Å². The predicted molar refractivity (Wildman–Crippen MR) is 59.5 cm³/mol. The molecule has 0 radical (unpaired) electrons. The molecular formula is C9H17N5O. The van der Waals surface area contributed by atoms with Crippen LogP contribution in [0.5, 0.6) is 6.01 Å². The van der Waals surface area contributed by atoms with Crippen molar-refractivity contribution in [1.29, 1.82) is 0 Å². The summed E-state index contributed by atoms with van der Waals surface area (Å²) in [6, 6.07) is 0.354. The molecule has 0 unspecified atom stereocenters. The highest BCUT2D eigenvalue weighted by atomic mass is 16.5. The Bertz CT molecular complexity index is 291. The zero-order valence-electron chi connectivity index (χ0n) is 9.61. The molecule has 0 amide bonds. The topological polar surface area (TPSA) is 63.2 Å². The van der Waals surface area contributed by atoms with Crippen molar-refractivity contribution >= 4 is 11.9 Å². The molecule has 0 fully saturated rings. The van der Waals surface area contributed by atoms with Crippen LogP contribution < -0.4 is 15.0 Å². The fraction of sp³-hybridized carbons (Fsp3) is 0.667. The van der Waals surface area contributed by atoms with Gasteiger partial charge in [0.25, 0.3) is 0 Å². The predicted octanol–water partition coefficient (Wildman–Crippen LogP) is 0.768. The average molecular weight is 211 g/mol. The van der Waals surface area contributed by atoms with E-state index in [1.165, 1.54) is 0 Å². The zero-order chi connectivity index (χ0) is 11.3. The smallest absolute Gasteiger partial charge is 0.323 e. The first-order chi connectivity index (χ1) is 7.17. The van der Waals surface area contributed by atoms with E-state index in [0.29, 0.717) is 24.5 Å². The van der Waals surface area contributed by atoms with E-state index in [2.05, 4.69) is 20.3 Å². The van der Waals surface area contributed by atoms with Crippen molar-refractivity contribution in [3.05, 3.63) is 0 Å². The number of nitrogens with zero attached hydrogens (tertiary/aromatic N) is 4. The van der Waals surface area contributed by atoms with Crippen molar-refractivity contribution in [2.45, 2.75) is 13.8 Å². The van der Waals surface area contributed by atoms with Gasteiger partial charge in [0.2, 0.25) is 11.9 Å². The number of rotatable bonds is 5. The average Bonchev–Trinajstić information content (AvgIpc) is 2.18. The van der Waals surface area contributed by atoms with Crippen LogP contribution in [0, 0.1) is 0 Å². The summed E-state index contributed by atoms with van der Waals surface area (Å²) in [5.41, 5.74) is 0. The van der Waals surface area contributed by atoms with Gasteiger partial charge in [0.15, 0.2) is 0 Å². The third kappa shape index (κ3) is 3.23. The molecule has 1 rings (SSSR count). The standard InChI is InChI=1S/C9H17N5O/c1-5-10-7-11-8(14(3)4)13-9(12-7)15-6-2/h5-6H2,1-4H3,(H,10,11,12,13). The van der Waals surface area contributed by atoms with E-state index in [4.69, 9.17) is 4.74 Å². The number of ether oxygens (including phenoxy) is 1. The lowest BCUT2D eigenvalue weighted by Crippen LogP contribution is -2.16. The Hall–Kier alpha value is -1.59. The Labute approximate surface area is 89.7 Å². The molecule has 6 heteroatoms. The Morgan fingerprint density at radius 3 is 2.47 bits per heavy atom. The van der Waals surface area contributed by atoms with Gasteiger partial charge in [-0.1, -0.05) is 0 Å². The number of hydrogen-bond donors (Lipinski definition) is 1. The van der Waals surface area contributed by atoms with Crippen molar-refractivity contribution < 1.29 is 4.74 Å². The molecule has 0 atom stereocenters. The van der Waals surface area contributed by atoms with Crippen LogP contribution in [-0.2, 0) is 0 Å². The van der Waals surface area contributed by atoms with Crippen LogP contribution in [0.3, 0.4) is 0 Å². The van der Waals surface area contributed by atoms with Crippen LogP contribution in [0.15, 0.2) is 0 Å². The molecule has 0 aliphatic carbocycles. The normalized spacial score (nSPS) is 9.87. The first kappa shape index (κ1) is 11.5. The Balaban J connectivity index is 2.97. The summed E-state index contributed by atoms with van der Waals surface area (Å²) in [5, 5.41) is 3.03. The van der Waals surface area contributed by atoms with Gasteiger partial charge in [-0.15, -0.1) is 0 Å². The van der Waals surface area contributed by atoms with Gasteiger partial charge in [-0.05, 0) is 13.8 Å². The van der Waals surface area contributed by atoms with E-state index < -0.39 is 0 Å². The largest absolute Gasteiger partial charge is 0.464 e. The molecule has 1 N–H and O–H groups in total. The zero-order valence-corrected chi connectivity index (χ0v) is 9.61. The third-order valence-corrected chi connectivity index (χ3v) is 1.61. The molecule has 0 aliphatic heterocycles. The molecule has 0 saturated heterocycles. The molecule has 1 heterocycles. The minimum atomic E-state index is 0.354. The number of nitrogens with one attached hydrogen (secondary N) is 1. The quantitative estimate of drug-likeness (QED) is 0.776. The number of hydrogen-bond acceptors (Lipinski definition) is 6. The maximum atomic E-state index is 5.25. The third-order valence-electron chi connectivity index (χ3n) is 1.61. The number of anilines is 2. The van der Waals surface area contributed by atoms with Gasteiger partial charge in [-0.3, -0.25) is 0 Å². The minimum absolute atomic E-state index is 0.354. The summed E-state index contributed by atoms with van der Waals surface area (Å²) >= 11 is 0. The lowest BCUT2D eigenvalue weighted by Gasteiger charge is -2.12. The van der Waals surface area contributed by atoms with Crippen LogP contribution in [0.1, 0.15) is 13.8 Å². The second-order valence-corrected chi connectivity index (χ2v) is 3.10. The van der Waals surface area contributed by atoms with Gasteiger partial charge in [0.05, 0.1) is 6.61 Å². The number of aromatic nitrogens is 3. The van der Waals surface area contributed by atoms with Gasteiger partial charge < -0.3 is 15.0 Å². The second-order valence-electron chi connectivity index (χ2n) is 3.10. The summed E-state index contributed by atoms with van der Waals surface area (Å²) in [6.45, 7) is 5.19. The van der Waals surface area contributed by atoms with Gasteiger partial charge in [-0.2, -0.15) is 15.0 Å². The van der Waals surface area contributed by atoms with E-state index in [-0.39, 0.29) is 0 Å². The molecule has 1 aromatic heterocycles. The maximum absolute atomic E-state index is 5.25. The summed E-state index contributed by atoms with van der Waals surface area (Å²) < 4.78 is 5.25. The summed E-state index contributed by atoms with van der Waals surface area (Å²) in [7, 11) is 3.75. The summed E-state index contributed by atoms with van der Waals surface area (Å²) in [6.07, 6.45) is 0. The fourth-order valence-electron chi connectivity index (χ4n) is 0.977. The molecule has 0 saturated carbocycles. The van der Waals surface area contributed by atoms with Gasteiger partial charge in [-0.25, -0.2) is 0 Å². The lowest BCUT2D eigenvalue weighted by atomic mass is 10.7. The van der Waals surface area contributed by atoms with E-state index in [1.807, 2.05) is 32.8 Å². The first-order valence-electron chi connectivity index (χ1n) is 4.97. The molecule has 0 aromatic carbocycles. The molecule has 0 spiro atoms. The highest BCUT2D eigenvalue weighted by molar-refractivity contribution is 5.36. The monoisotopic (exact) mass is 211 g/mol. The van der Waals surface area contributed by atoms with E-state index >= 15 is 0 Å². The molecular weight excluding hydrogens is 194 g/mol. The van der Waals surface area contributed by atoms with Crippen LogP contribution >= 0.6 is 0 Å². The Morgan fingerprint density at radius 1 is 1.20 bits per heavy atom. The SMILES string of the molecule is CCNc1nc(OCC)nc(N(C)C)n1. The lowest BCUT2D eigenvalue weighted by molar-refractivity contribution is 0.312. The molecule has 84 valence electrons. The van der Waals surface area contributed by atoms with Crippen LogP contribution in [0.2, 0.25) is 0 Å². The molecule has 1 aromatic rings. The van der Waals surface area contributed by atoms with Crippen molar-refractivity contribution in [2.75, 3.05) is 37.5 Å². The molecule has 0 aliphatic rings. The van der Waals surface area contributed by atoms with Crippen LogP contribution in [0.25, 0.3) is 0 Å². The van der Waals surface area contributed by atoms with Gasteiger partial charge in [0.1, 0.15) is 0 Å². The molecule has 15 heavy (non-hydrogen) atoms. The van der Waals surface area contributed by atoms with Gasteiger partial charge in [0, 0.05) is 20.6 Å². The van der Waals surface area contributed by atoms with E-state index in [1.54, 1.807) is 0 Å². The fourth-order valence-corrected chi connectivity index (χ4v) is 0.977. The summed E-state index contributed by atoms with van der Waals surface area (Å²) in [4.78, 5) is 14.3. The van der Waals surface area contributed by atoms with E-state index in [0.717, 1.165) is 6.54 Å².